The summed E-state index contributed by atoms with van der Waals surface area (Å²) in [7, 11) is 0. The zero-order chi connectivity index (χ0) is 27.8. The van der Waals surface area contributed by atoms with Gasteiger partial charge in [0.2, 0.25) is 0 Å². The SMILES string of the molecule is CC(C)=CCC/C(C)=C/CC[C@]1(C)Oc2c(c(O)cc3c2CN(c2cccc(C(=O)O)c2O)C3=O)C[C@@H]1O. The molecule has 2 aromatic rings. The van der Waals surface area contributed by atoms with Crippen LogP contribution in [0.3, 0.4) is 0 Å². The van der Waals surface area contributed by atoms with E-state index in [1.54, 1.807) is 0 Å². The number of carbonyl (C=O) groups excluding carboxylic acids is 1. The number of carboxylic acids is 1. The van der Waals surface area contributed by atoms with Gasteiger partial charge in [0.1, 0.15) is 22.7 Å². The molecule has 2 aliphatic rings. The normalized spacial score (nSPS) is 20.6. The molecule has 2 heterocycles. The molecular weight excluding hydrogens is 486 g/mol. The van der Waals surface area contributed by atoms with Crippen LogP contribution in [0, 0.1) is 0 Å². The zero-order valence-electron chi connectivity index (χ0n) is 22.2. The van der Waals surface area contributed by atoms with Crippen LogP contribution in [0.15, 0.2) is 47.6 Å². The second-order valence-electron chi connectivity index (χ2n) is 10.6. The molecule has 0 radical (unpaired) electrons. The number of hydrogen-bond acceptors (Lipinski definition) is 6. The van der Waals surface area contributed by atoms with Gasteiger partial charge in [-0.1, -0.05) is 29.4 Å². The smallest absolute Gasteiger partial charge is 0.339 e. The minimum absolute atomic E-state index is 0.0307. The van der Waals surface area contributed by atoms with Gasteiger partial charge < -0.3 is 30.1 Å². The van der Waals surface area contributed by atoms with E-state index in [9.17, 15) is 30.0 Å². The predicted octanol–water partition coefficient (Wildman–Crippen LogP) is 5.48. The van der Waals surface area contributed by atoms with Gasteiger partial charge in [-0.3, -0.25) is 4.79 Å². The molecule has 1 amide bonds. The standard InChI is InChI=1S/C30H35NO7/c1-17(2)8-5-9-18(3)10-7-13-30(4)25(33)15-21-24(32)14-20-22(27(21)38-30)16-31(28(20)35)23-12-6-11-19(26(23)34)29(36)37/h6,8,10-12,14,25,32-34H,5,7,9,13,15-16H2,1-4H3,(H,36,37)/b18-10+/t25-,30-/m0/s1. The molecule has 0 saturated heterocycles. The molecule has 0 aromatic heterocycles. The van der Waals surface area contributed by atoms with E-state index < -0.39 is 29.3 Å². The van der Waals surface area contributed by atoms with E-state index in [0.717, 1.165) is 12.8 Å². The summed E-state index contributed by atoms with van der Waals surface area (Å²) in [6.45, 7) is 8.12. The molecule has 8 heteroatoms. The number of carbonyl (C=O) groups is 2. The number of fused-ring (bicyclic) bond motifs is 3. The fourth-order valence-corrected chi connectivity index (χ4v) is 5.12. The minimum atomic E-state index is -1.31. The van der Waals surface area contributed by atoms with Crippen molar-refractivity contribution in [3.8, 4) is 17.2 Å². The topological polar surface area (TPSA) is 128 Å². The van der Waals surface area contributed by atoms with E-state index in [2.05, 4.69) is 32.9 Å². The van der Waals surface area contributed by atoms with Crippen LogP contribution in [0.4, 0.5) is 5.69 Å². The first-order valence-electron chi connectivity index (χ1n) is 12.8. The number of nitrogens with zero attached hydrogens (tertiary/aromatic N) is 1. The molecule has 0 spiro atoms. The van der Waals surface area contributed by atoms with Crippen LogP contribution in [0.5, 0.6) is 17.2 Å². The Balaban J connectivity index is 1.60. The molecule has 38 heavy (non-hydrogen) atoms. The van der Waals surface area contributed by atoms with Crippen LogP contribution in [-0.2, 0) is 13.0 Å². The third-order valence-corrected chi connectivity index (χ3v) is 7.45. The average molecular weight is 522 g/mol. The molecule has 4 rings (SSSR count). The van der Waals surface area contributed by atoms with E-state index >= 15 is 0 Å². The van der Waals surface area contributed by atoms with Crippen molar-refractivity contribution < 1.29 is 34.8 Å². The van der Waals surface area contributed by atoms with Crippen LogP contribution in [0.25, 0.3) is 0 Å². The summed E-state index contributed by atoms with van der Waals surface area (Å²) in [4.78, 5) is 26.1. The van der Waals surface area contributed by atoms with Crippen LogP contribution in [0.1, 0.15) is 85.2 Å². The second kappa shape index (κ2) is 10.5. The van der Waals surface area contributed by atoms with Crippen LogP contribution < -0.4 is 9.64 Å². The van der Waals surface area contributed by atoms with Gasteiger partial charge in [0.15, 0.2) is 5.75 Å². The number of carboxylic acid groups (broad SMARTS) is 1. The Kier molecular flexibility index (Phi) is 7.56. The summed E-state index contributed by atoms with van der Waals surface area (Å²) in [5, 5.41) is 41.6. The summed E-state index contributed by atoms with van der Waals surface area (Å²) in [5.74, 6) is -2.08. The Morgan fingerprint density at radius 2 is 1.89 bits per heavy atom. The highest BCUT2D eigenvalue weighted by atomic mass is 16.5. The lowest BCUT2D eigenvalue weighted by Crippen LogP contribution is -2.49. The lowest BCUT2D eigenvalue weighted by molar-refractivity contribution is -0.0597. The van der Waals surface area contributed by atoms with Crippen molar-refractivity contribution in [1.82, 2.24) is 0 Å². The quantitative estimate of drug-likeness (QED) is 0.339. The molecule has 2 atom stereocenters. The first kappa shape index (κ1) is 27.3. The molecule has 202 valence electrons. The largest absolute Gasteiger partial charge is 0.508 e. The van der Waals surface area contributed by atoms with E-state index in [4.69, 9.17) is 4.74 Å². The maximum atomic E-state index is 13.3. The average Bonchev–Trinajstić information content (AvgIpc) is 3.16. The maximum Gasteiger partial charge on any atom is 0.339 e. The number of rotatable bonds is 8. The number of aromatic carboxylic acids is 1. The van der Waals surface area contributed by atoms with E-state index in [-0.39, 0.29) is 35.5 Å². The highest BCUT2D eigenvalue weighted by Gasteiger charge is 2.44. The monoisotopic (exact) mass is 521 g/mol. The molecular formula is C30H35NO7. The highest BCUT2D eigenvalue weighted by molar-refractivity contribution is 6.12. The molecule has 0 aliphatic carbocycles. The summed E-state index contributed by atoms with van der Waals surface area (Å²) in [6.07, 6.45) is 6.86. The first-order chi connectivity index (χ1) is 17.9. The van der Waals surface area contributed by atoms with E-state index in [0.29, 0.717) is 29.7 Å². The lowest BCUT2D eigenvalue weighted by atomic mass is 9.84. The molecule has 0 fully saturated rings. The number of allylic oxidation sites excluding steroid dienone is 4. The number of aliphatic hydroxyl groups is 1. The second-order valence-corrected chi connectivity index (χ2v) is 10.6. The zero-order valence-corrected chi connectivity index (χ0v) is 22.2. The molecule has 2 aliphatic heterocycles. The fraction of sp³-hybridized carbons (Fsp3) is 0.400. The van der Waals surface area contributed by atoms with Crippen molar-refractivity contribution in [3.05, 3.63) is 69.8 Å². The van der Waals surface area contributed by atoms with Crippen molar-refractivity contribution >= 4 is 17.6 Å². The van der Waals surface area contributed by atoms with Crippen molar-refractivity contribution in [2.45, 2.75) is 78.0 Å². The number of ether oxygens (including phenoxy) is 1. The van der Waals surface area contributed by atoms with Gasteiger partial charge in [-0.05, 0) is 71.6 Å². The van der Waals surface area contributed by atoms with Crippen molar-refractivity contribution in [3.63, 3.8) is 0 Å². The first-order valence-corrected chi connectivity index (χ1v) is 12.8. The Labute approximate surface area is 222 Å². The summed E-state index contributed by atoms with van der Waals surface area (Å²) >= 11 is 0. The number of para-hydroxylation sites is 1. The number of phenolic OH excluding ortho intramolecular Hbond substituents is 1. The van der Waals surface area contributed by atoms with Gasteiger partial charge in [0, 0.05) is 17.5 Å². The molecule has 0 saturated carbocycles. The molecule has 8 nitrogen and oxygen atoms in total. The Morgan fingerprint density at radius 3 is 2.58 bits per heavy atom. The molecule has 2 aromatic carbocycles. The van der Waals surface area contributed by atoms with Crippen molar-refractivity contribution in [2.24, 2.45) is 0 Å². The van der Waals surface area contributed by atoms with Gasteiger partial charge >= 0.3 is 5.97 Å². The number of phenols is 2. The van der Waals surface area contributed by atoms with Crippen molar-refractivity contribution in [2.75, 3.05) is 4.90 Å². The van der Waals surface area contributed by atoms with Gasteiger partial charge in [0.25, 0.3) is 5.91 Å². The maximum absolute atomic E-state index is 13.3. The number of anilines is 1. The van der Waals surface area contributed by atoms with Crippen LogP contribution in [0.2, 0.25) is 0 Å². The number of aromatic hydroxyl groups is 2. The number of amides is 1. The lowest BCUT2D eigenvalue weighted by Gasteiger charge is -2.40. The number of benzene rings is 2. The summed E-state index contributed by atoms with van der Waals surface area (Å²) in [5.41, 5.74) is 2.55. The molecule has 4 N–H and O–H groups in total. The van der Waals surface area contributed by atoms with E-state index in [1.165, 1.54) is 40.3 Å². The van der Waals surface area contributed by atoms with Gasteiger partial charge in [-0.2, -0.15) is 0 Å². The highest BCUT2D eigenvalue weighted by Crippen LogP contribution is 2.48. The van der Waals surface area contributed by atoms with Crippen molar-refractivity contribution in [1.29, 1.82) is 0 Å². The third kappa shape index (κ3) is 5.13. The van der Waals surface area contributed by atoms with Crippen LogP contribution in [-0.4, -0.2) is 44.0 Å². The minimum Gasteiger partial charge on any atom is -0.508 e. The summed E-state index contributed by atoms with van der Waals surface area (Å²) in [6, 6.07) is 5.54. The third-order valence-electron chi connectivity index (χ3n) is 7.45. The molecule has 0 unspecified atom stereocenters. The van der Waals surface area contributed by atoms with Gasteiger partial charge in [-0.15, -0.1) is 0 Å². The predicted molar refractivity (Wildman–Crippen MR) is 144 cm³/mol. The van der Waals surface area contributed by atoms with Gasteiger partial charge in [0.05, 0.1) is 23.9 Å². The number of hydrogen-bond donors (Lipinski definition) is 4. The molecule has 0 bridgehead atoms. The van der Waals surface area contributed by atoms with E-state index in [1.807, 2.05) is 6.92 Å². The Hall–Kier alpha value is -3.78. The van der Waals surface area contributed by atoms with Crippen LogP contribution >= 0.6 is 0 Å². The summed E-state index contributed by atoms with van der Waals surface area (Å²) < 4.78 is 6.39. The fourth-order valence-electron chi connectivity index (χ4n) is 5.12. The number of aliphatic hydroxyl groups excluding tert-OH is 1. The Bertz CT molecular complexity index is 1340. The Morgan fingerprint density at radius 1 is 1.16 bits per heavy atom. The van der Waals surface area contributed by atoms with Gasteiger partial charge in [-0.25, -0.2) is 4.79 Å².